The first-order valence-electron chi connectivity index (χ1n) is 8.92. The Morgan fingerprint density at radius 3 is 2.65 bits per heavy atom. The number of ether oxygens (including phenoxy) is 1. The predicted octanol–water partition coefficient (Wildman–Crippen LogP) is 3.64. The molecule has 1 heterocycles. The van der Waals surface area contributed by atoms with E-state index in [9.17, 15) is 22.6 Å². The summed E-state index contributed by atoms with van der Waals surface area (Å²) in [5.41, 5.74) is 0.188. The fraction of sp³-hybridized carbons (Fsp3) is 0.0952. The number of hydrogen-bond donors (Lipinski definition) is 2. The Morgan fingerprint density at radius 1 is 1.10 bits per heavy atom. The first-order valence-corrected chi connectivity index (χ1v) is 10.1. The minimum Gasteiger partial charge on any atom is -0.495 e. The summed E-state index contributed by atoms with van der Waals surface area (Å²) in [5, 5.41) is 4.02. The van der Waals surface area contributed by atoms with Gasteiger partial charge in [-0.25, -0.2) is 13.0 Å². The molecule has 2 amide bonds. The first-order chi connectivity index (χ1) is 14.9. The summed E-state index contributed by atoms with van der Waals surface area (Å²) in [6.07, 6.45) is 2.79. The minimum atomic E-state index is -2.24. The number of methoxy groups -OCH3 is 1. The van der Waals surface area contributed by atoms with E-state index in [2.05, 4.69) is 15.6 Å². The highest BCUT2D eigenvalue weighted by Crippen LogP contribution is 2.19. The number of rotatable bonds is 6. The Balaban J connectivity index is 1.75. The zero-order valence-electron chi connectivity index (χ0n) is 16.2. The van der Waals surface area contributed by atoms with Crippen LogP contribution < -0.4 is 15.4 Å². The van der Waals surface area contributed by atoms with Gasteiger partial charge >= 0.3 is 5.24 Å². The molecule has 31 heavy (non-hydrogen) atoms. The van der Waals surface area contributed by atoms with E-state index in [1.54, 1.807) is 0 Å². The molecule has 2 aromatic carbocycles. The molecule has 2 N–H and O–H groups in total. The molecule has 3 aromatic rings. The molecule has 3 rings (SSSR count). The van der Waals surface area contributed by atoms with E-state index in [1.807, 2.05) is 0 Å². The van der Waals surface area contributed by atoms with E-state index in [4.69, 9.17) is 4.74 Å². The van der Waals surface area contributed by atoms with Crippen LogP contribution in [0.1, 0.15) is 15.9 Å². The summed E-state index contributed by atoms with van der Waals surface area (Å²) in [7, 11) is -0.803. The highest BCUT2D eigenvalue weighted by Gasteiger charge is 2.21. The third-order valence-corrected chi connectivity index (χ3v) is 5.34. The van der Waals surface area contributed by atoms with Crippen molar-refractivity contribution in [2.24, 2.45) is 0 Å². The fourth-order valence-electron chi connectivity index (χ4n) is 2.63. The molecular formula is C21H17F2N3O4S. The van der Waals surface area contributed by atoms with Crippen molar-refractivity contribution >= 4 is 27.6 Å². The highest BCUT2D eigenvalue weighted by molar-refractivity contribution is 8.00. The van der Waals surface area contributed by atoms with Gasteiger partial charge in [-0.15, -0.1) is 0 Å². The molecule has 0 aliphatic heterocycles. The normalized spacial score (nSPS) is 11.5. The van der Waals surface area contributed by atoms with E-state index < -0.39 is 33.6 Å². The summed E-state index contributed by atoms with van der Waals surface area (Å²) in [5.74, 6) is -1.61. The van der Waals surface area contributed by atoms with E-state index in [1.165, 1.54) is 49.8 Å². The molecule has 160 valence electrons. The zero-order chi connectivity index (χ0) is 22.4. The Bertz CT molecular complexity index is 1160. The van der Waals surface area contributed by atoms with Gasteiger partial charge in [0, 0.05) is 18.2 Å². The maximum atomic E-state index is 13.8. The summed E-state index contributed by atoms with van der Waals surface area (Å²) in [6.45, 7) is -0.287. The summed E-state index contributed by atoms with van der Waals surface area (Å²) < 4.78 is 44.8. The van der Waals surface area contributed by atoms with Crippen LogP contribution >= 0.6 is 0 Å². The van der Waals surface area contributed by atoms with E-state index in [-0.39, 0.29) is 28.3 Å². The van der Waals surface area contributed by atoms with Crippen molar-refractivity contribution in [2.75, 3.05) is 12.4 Å². The topological polar surface area (TPSA) is 97.4 Å². The van der Waals surface area contributed by atoms with Crippen LogP contribution in [0.15, 0.2) is 65.8 Å². The van der Waals surface area contributed by atoms with Crippen LogP contribution in [0.5, 0.6) is 5.75 Å². The maximum Gasteiger partial charge on any atom is 0.318 e. The van der Waals surface area contributed by atoms with Crippen molar-refractivity contribution in [3.63, 3.8) is 0 Å². The number of halogens is 2. The van der Waals surface area contributed by atoms with Crippen LogP contribution in [0.4, 0.5) is 19.3 Å². The average molecular weight is 445 g/mol. The van der Waals surface area contributed by atoms with Gasteiger partial charge in [-0.1, -0.05) is 12.1 Å². The molecule has 0 aliphatic rings. The van der Waals surface area contributed by atoms with Crippen molar-refractivity contribution in [2.45, 2.75) is 11.4 Å². The number of amides is 2. The molecular weight excluding hydrogens is 428 g/mol. The van der Waals surface area contributed by atoms with Crippen molar-refractivity contribution in [1.82, 2.24) is 10.3 Å². The van der Waals surface area contributed by atoms with Gasteiger partial charge in [0.05, 0.1) is 35.6 Å². The van der Waals surface area contributed by atoms with Crippen molar-refractivity contribution in [3.05, 3.63) is 83.7 Å². The van der Waals surface area contributed by atoms with Crippen LogP contribution in [0.3, 0.4) is 0 Å². The van der Waals surface area contributed by atoms with Crippen molar-refractivity contribution in [1.29, 1.82) is 0 Å². The lowest BCUT2D eigenvalue weighted by Gasteiger charge is -2.11. The number of pyridine rings is 1. The van der Waals surface area contributed by atoms with E-state index in [0.717, 1.165) is 18.2 Å². The second-order valence-corrected chi connectivity index (χ2v) is 7.56. The molecule has 0 saturated heterocycles. The quantitative estimate of drug-likeness (QED) is 0.604. The molecule has 0 bridgehead atoms. The minimum absolute atomic E-state index is 0.0310. The molecule has 0 radical (unpaired) electrons. The van der Waals surface area contributed by atoms with Crippen molar-refractivity contribution in [3.8, 4) is 5.75 Å². The Labute approximate surface area is 178 Å². The molecule has 0 saturated carbocycles. The molecule has 0 fully saturated rings. The Kier molecular flexibility index (Phi) is 7.03. The van der Waals surface area contributed by atoms with Gasteiger partial charge in [0.2, 0.25) is 0 Å². The second kappa shape index (κ2) is 9.90. The molecule has 0 spiro atoms. The number of nitrogens with one attached hydrogen (secondary N) is 2. The van der Waals surface area contributed by atoms with Crippen LogP contribution in [0.25, 0.3) is 0 Å². The number of anilines is 1. The number of carbonyl (C=O) groups is 2. The molecule has 0 aliphatic carbocycles. The van der Waals surface area contributed by atoms with Crippen molar-refractivity contribution < 1.29 is 27.3 Å². The molecule has 7 nitrogen and oxygen atoms in total. The largest absolute Gasteiger partial charge is 0.495 e. The third kappa shape index (κ3) is 5.48. The van der Waals surface area contributed by atoms with Crippen LogP contribution in [0.2, 0.25) is 0 Å². The smallest absolute Gasteiger partial charge is 0.318 e. The number of hydrogen-bond acceptors (Lipinski definition) is 5. The summed E-state index contributed by atoms with van der Waals surface area (Å²) >= 11 is 0. The predicted molar refractivity (Wildman–Crippen MR) is 110 cm³/mol. The van der Waals surface area contributed by atoms with Gasteiger partial charge in [0.25, 0.3) is 5.91 Å². The van der Waals surface area contributed by atoms with Crippen LogP contribution in [-0.4, -0.2) is 27.4 Å². The van der Waals surface area contributed by atoms with Gasteiger partial charge in [0.1, 0.15) is 28.2 Å². The fourth-order valence-corrected chi connectivity index (χ4v) is 3.60. The Morgan fingerprint density at radius 2 is 1.87 bits per heavy atom. The van der Waals surface area contributed by atoms with Crippen LogP contribution in [-0.2, 0) is 17.3 Å². The van der Waals surface area contributed by atoms with Gasteiger partial charge in [-0.2, -0.15) is 0 Å². The second-order valence-electron chi connectivity index (χ2n) is 6.21. The third-order valence-electron chi connectivity index (χ3n) is 4.14. The SMILES string of the molecule is COc1cncc(NC(=O)S(=O)c2ccccc2C(=O)NCc2cc(F)ccc2F)c1. The Hall–Kier alpha value is -3.66. The summed E-state index contributed by atoms with van der Waals surface area (Å²) in [6, 6.07) is 10.2. The maximum absolute atomic E-state index is 13.8. The summed E-state index contributed by atoms with van der Waals surface area (Å²) in [4.78, 5) is 28.9. The molecule has 1 atom stereocenters. The van der Waals surface area contributed by atoms with Gasteiger partial charge in [-0.3, -0.25) is 14.6 Å². The number of aromatic nitrogens is 1. The monoisotopic (exact) mass is 445 g/mol. The van der Waals surface area contributed by atoms with E-state index in [0.29, 0.717) is 5.75 Å². The molecule has 1 unspecified atom stereocenters. The number of nitrogens with zero attached hydrogens (tertiary/aromatic N) is 1. The van der Waals surface area contributed by atoms with Gasteiger partial charge in [-0.05, 0) is 30.3 Å². The standard InChI is InChI=1S/C21H17F2N3O4S/c1-30-16-9-15(11-24-12-16)26-21(28)31(29)19-5-3-2-4-17(19)20(27)25-10-13-8-14(22)6-7-18(13)23/h2-9,11-12H,10H2,1H3,(H,25,27)(H,26,28). The first kappa shape index (κ1) is 22.0. The van der Waals surface area contributed by atoms with Gasteiger partial charge in [0.15, 0.2) is 0 Å². The lowest BCUT2D eigenvalue weighted by atomic mass is 10.2. The number of benzene rings is 2. The number of carbonyl (C=O) groups excluding carboxylic acids is 2. The average Bonchev–Trinajstić information content (AvgIpc) is 2.79. The van der Waals surface area contributed by atoms with E-state index >= 15 is 0 Å². The van der Waals surface area contributed by atoms with Gasteiger partial charge < -0.3 is 15.4 Å². The molecule has 1 aromatic heterocycles. The molecule has 10 heteroatoms. The lowest BCUT2D eigenvalue weighted by Crippen LogP contribution is -2.26. The van der Waals surface area contributed by atoms with Crippen LogP contribution in [0, 0.1) is 11.6 Å². The lowest BCUT2D eigenvalue weighted by molar-refractivity contribution is 0.0947. The highest BCUT2D eigenvalue weighted by atomic mass is 32.2. The zero-order valence-corrected chi connectivity index (χ0v) is 17.0.